The van der Waals surface area contributed by atoms with Gasteiger partial charge < -0.3 is 52.5 Å². The monoisotopic (exact) mass is 560 g/mol. The molecule has 224 valence electrons. The van der Waals surface area contributed by atoms with E-state index in [4.69, 9.17) is 52.5 Å². The van der Waals surface area contributed by atoms with Crippen LogP contribution in [0.2, 0.25) is 0 Å². The van der Waals surface area contributed by atoms with Crippen molar-refractivity contribution in [1.82, 2.24) is 0 Å². The van der Waals surface area contributed by atoms with Gasteiger partial charge in [-0.05, 0) is 12.1 Å². The van der Waals surface area contributed by atoms with Crippen molar-refractivity contribution < 1.29 is 57.3 Å². The van der Waals surface area contributed by atoms with E-state index in [-0.39, 0.29) is 19.8 Å². The molecule has 0 aliphatic carbocycles. The Bertz CT molecular complexity index is 676. The van der Waals surface area contributed by atoms with Gasteiger partial charge in [0.05, 0.1) is 106 Å². The number of carbonyl (C=O) groups excluding carboxylic acids is 1. The number of esters is 1. The van der Waals surface area contributed by atoms with E-state index in [2.05, 4.69) is 6.58 Å². The van der Waals surface area contributed by atoms with E-state index in [1.807, 2.05) is 18.2 Å². The van der Waals surface area contributed by atoms with Crippen molar-refractivity contribution in [2.75, 3.05) is 112 Å². The number of aliphatic hydroxyl groups excluding tert-OH is 1. The summed E-state index contributed by atoms with van der Waals surface area (Å²) >= 11 is 0. The van der Waals surface area contributed by atoms with E-state index >= 15 is 0 Å². The van der Waals surface area contributed by atoms with Crippen molar-refractivity contribution in [3.05, 3.63) is 43.0 Å². The lowest BCUT2D eigenvalue weighted by Crippen LogP contribution is -2.29. The van der Waals surface area contributed by atoms with Crippen molar-refractivity contribution in [2.45, 2.75) is 6.29 Å². The zero-order valence-corrected chi connectivity index (χ0v) is 22.7. The first-order valence-electron chi connectivity index (χ1n) is 13.0. The zero-order chi connectivity index (χ0) is 28.1. The third-order valence-electron chi connectivity index (χ3n) is 4.54. The molecule has 0 heterocycles. The average Bonchev–Trinajstić information content (AvgIpc) is 2.96. The summed E-state index contributed by atoms with van der Waals surface area (Å²) in [6, 6.07) is 9.11. The minimum absolute atomic E-state index is 0.0179. The molecule has 1 unspecified atom stereocenters. The maximum absolute atomic E-state index is 11.3. The molecule has 0 saturated carbocycles. The quantitative estimate of drug-likeness (QED) is 0.0655. The van der Waals surface area contributed by atoms with Gasteiger partial charge in [0.25, 0.3) is 0 Å². The van der Waals surface area contributed by atoms with Crippen LogP contribution in [0.3, 0.4) is 0 Å². The Balaban J connectivity index is 1.85. The molecule has 0 aliphatic heterocycles. The third-order valence-corrected chi connectivity index (χ3v) is 4.54. The van der Waals surface area contributed by atoms with Crippen LogP contribution in [0.4, 0.5) is 0 Å². The molecule has 12 heteroatoms. The highest BCUT2D eigenvalue weighted by molar-refractivity contribution is 5.81. The lowest BCUT2D eigenvalue weighted by molar-refractivity contribution is -0.158. The van der Waals surface area contributed by atoms with Gasteiger partial charge in [-0.3, -0.25) is 0 Å². The Labute approximate surface area is 230 Å². The van der Waals surface area contributed by atoms with E-state index < -0.39 is 12.3 Å². The normalized spacial score (nSPS) is 11.8. The molecule has 12 nitrogen and oxygen atoms in total. The fourth-order valence-corrected chi connectivity index (χ4v) is 2.70. The summed E-state index contributed by atoms with van der Waals surface area (Å²) in [7, 11) is 0. The maximum Gasteiger partial charge on any atom is 0.330 e. The summed E-state index contributed by atoms with van der Waals surface area (Å²) < 4.78 is 54.0. The first kappa shape index (κ1) is 34.9. The van der Waals surface area contributed by atoms with Gasteiger partial charge in [-0.15, -0.1) is 0 Å². The largest absolute Gasteiger partial charge is 0.461 e. The van der Waals surface area contributed by atoms with Crippen LogP contribution in [0.5, 0.6) is 5.75 Å². The Kier molecular flexibility index (Phi) is 24.6. The van der Waals surface area contributed by atoms with Crippen molar-refractivity contribution in [1.29, 1.82) is 0 Å². The molecule has 0 bridgehead atoms. The number of para-hydroxylation sites is 1. The van der Waals surface area contributed by atoms with Crippen LogP contribution in [-0.2, 0) is 47.4 Å². The number of hydrogen-bond donors (Lipinski definition) is 1. The molecule has 0 aromatic heterocycles. The molecule has 1 aromatic rings. The van der Waals surface area contributed by atoms with Gasteiger partial charge in [0.15, 0.2) is 6.61 Å². The Morgan fingerprint density at radius 3 is 1.49 bits per heavy atom. The summed E-state index contributed by atoms with van der Waals surface area (Å²) in [5.74, 6) is 0.0524. The molecule has 0 radical (unpaired) electrons. The second kappa shape index (κ2) is 27.4. The molecule has 0 aliphatic rings. The SMILES string of the molecule is C=CC(=O)OCC(OCCOCCOCCOCCOCCOCCOCCOCCO)Oc1ccccc1. The second-order valence-electron chi connectivity index (χ2n) is 7.58. The molecule has 0 amide bonds. The standard InChI is InChI=1S/C27H44O12/c1-2-26(29)38-24-27(39-25-6-4-3-5-7-25)37-23-22-36-21-20-35-19-18-34-17-16-33-15-14-32-13-12-31-11-10-30-9-8-28/h2-7,27-28H,1,8-24H2. The number of hydrogen-bond acceptors (Lipinski definition) is 12. The Hall–Kier alpha value is -2.13. The predicted octanol–water partition coefficient (Wildman–Crippen LogP) is 1.25. The van der Waals surface area contributed by atoms with E-state index in [1.165, 1.54) is 0 Å². The lowest BCUT2D eigenvalue weighted by Gasteiger charge is -2.19. The molecular weight excluding hydrogens is 516 g/mol. The lowest BCUT2D eigenvalue weighted by atomic mass is 10.3. The van der Waals surface area contributed by atoms with Gasteiger partial charge in [0, 0.05) is 6.08 Å². The maximum atomic E-state index is 11.3. The Morgan fingerprint density at radius 1 is 0.667 bits per heavy atom. The van der Waals surface area contributed by atoms with Gasteiger partial charge in [0.2, 0.25) is 6.29 Å². The highest BCUT2D eigenvalue weighted by Crippen LogP contribution is 2.12. The van der Waals surface area contributed by atoms with Gasteiger partial charge in [-0.1, -0.05) is 24.8 Å². The van der Waals surface area contributed by atoms with Crippen LogP contribution < -0.4 is 4.74 Å². The van der Waals surface area contributed by atoms with Crippen LogP contribution in [0.1, 0.15) is 0 Å². The highest BCUT2D eigenvalue weighted by Gasteiger charge is 2.13. The first-order chi connectivity index (χ1) is 19.3. The van der Waals surface area contributed by atoms with Crippen LogP contribution in [0, 0.1) is 0 Å². The first-order valence-corrected chi connectivity index (χ1v) is 13.0. The van der Waals surface area contributed by atoms with E-state index in [9.17, 15) is 4.79 Å². The summed E-state index contributed by atoms with van der Waals surface area (Å²) in [5, 5.41) is 8.57. The molecule has 1 aromatic carbocycles. The van der Waals surface area contributed by atoms with Gasteiger partial charge in [-0.2, -0.15) is 0 Å². The number of benzene rings is 1. The van der Waals surface area contributed by atoms with E-state index in [0.717, 1.165) is 6.08 Å². The van der Waals surface area contributed by atoms with E-state index in [0.29, 0.717) is 98.2 Å². The molecular formula is C27H44O12. The molecule has 1 N–H and O–H groups in total. The summed E-state index contributed by atoms with van der Waals surface area (Å²) in [6.07, 6.45) is 0.319. The van der Waals surface area contributed by atoms with Crippen LogP contribution >= 0.6 is 0 Å². The topological polar surface area (TPSA) is 130 Å². The molecule has 1 atom stereocenters. The number of ether oxygens (including phenoxy) is 10. The fraction of sp³-hybridized carbons (Fsp3) is 0.667. The van der Waals surface area contributed by atoms with Gasteiger partial charge >= 0.3 is 5.97 Å². The van der Waals surface area contributed by atoms with E-state index in [1.54, 1.807) is 12.1 Å². The summed E-state index contributed by atoms with van der Waals surface area (Å²) in [4.78, 5) is 11.3. The third kappa shape index (κ3) is 23.5. The van der Waals surface area contributed by atoms with Crippen LogP contribution in [0.15, 0.2) is 43.0 Å². The fourth-order valence-electron chi connectivity index (χ4n) is 2.70. The van der Waals surface area contributed by atoms with Crippen molar-refractivity contribution in [2.24, 2.45) is 0 Å². The van der Waals surface area contributed by atoms with Crippen LogP contribution in [-0.4, -0.2) is 130 Å². The minimum atomic E-state index is -0.765. The molecule has 1 rings (SSSR count). The smallest absolute Gasteiger partial charge is 0.330 e. The Morgan fingerprint density at radius 2 is 1.08 bits per heavy atom. The number of aliphatic hydroxyl groups is 1. The van der Waals surface area contributed by atoms with Crippen molar-refractivity contribution >= 4 is 5.97 Å². The number of rotatable bonds is 29. The highest BCUT2D eigenvalue weighted by atomic mass is 16.7. The zero-order valence-electron chi connectivity index (χ0n) is 22.7. The molecule has 39 heavy (non-hydrogen) atoms. The molecule has 0 saturated heterocycles. The van der Waals surface area contributed by atoms with Crippen molar-refractivity contribution in [3.8, 4) is 5.75 Å². The minimum Gasteiger partial charge on any atom is -0.461 e. The van der Waals surface area contributed by atoms with Gasteiger partial charge in [-0.25, -0.2) is 4.79 Å². The van der Waals surface area contributed by atoms with Crippen molar-refractivity contribution in [3.63, 3.8) is 0 Å². The summed E-state index contributed by atoms with van der Waals surface area (Å²) in [5.41, 5.74) is 0. The average molecular weight is 561 g/mol. The number of carbonyl (C=O) groups is 1. The molecule has 0 fully saturated rings. The predicted molar refractivity (Wildman–Crippen MR) is 141 cm³/mol. The van der Waals surface area contributed by atoms with Crippen LogP contribution in [0.25, 0.3) is 0 Å². The second-order valence-corrected chi connectivity index (χ2v) is 7.58. The summed E-state index contributed by atoms with van der Waals surface area (Å²) in [6.45, 7) is 9.83. The molecule has 0 spiro atoms. The van der Waals surface area contributed by atoms with Gasteiger partial charge in [0.1, 0.15) is 5.75 Å².